The summed E-state index contributed by atoms with van der Waals surface area (Å²) in [5.41, 5.74) is 9.13. The Bertz CT molecular complexity index is 732. The summed E-state index contributed by atoms with van der Waals surface area (Å²) in [5, 5.41) is 0. The number of nitrogens with two attached hydrogens (primary N) is 1. The van der Waals surface area contributed by atoms with Crippen LogP contribution in [0.3, 0.4) is 0 Å². The normalized spacial score (nSPS) is 17.5. The molecule has 0 bridgehead atoms. The molecule has 0 aliphatic carbocycles. The van der Waals surface area contributed by atoms with Gasteiger partial charge in [0.2, 0.25) is 5.91 Å². The Balaban J connectivity index is 1.53. The maximum Gasteiger partial charge on any atom is 0.227 e. The molecule has 1 fully saturated rings. The van der Waals surface area contributed by atoms with Gasteiger partial charge >= 0.3 is 0 Å². The molecule has 5 heteroatoms. The molecule has 2 N–H and O–H groups in total. The average molecular weight is 339 g/mol. The molecule has 1 amide bonds. The number of morpholine rings is 1. The van der Waals surface area contributed by atoms with Crippen molar-refractivity contribution in [3.05, 3.63) is 59.3 Å². The largest absolute Gasteiger partial charge is 0.384 e. The highest BCUT2D eigenvalue weighted by atomic mass is 16.5. The zero-order valence-electron chi connectivity index (χ0n) is 14.6. The van der Waals surface area contributed by atoms with Crippen LogP contribution in [0.1, 0.15) is 23.1 Å². The van der Waals surface area contributed by atoms with Crippen LogP contribution in [0.2, 0.25) is 0 Å². The second-order valence-corrected chi connectivity index (χ2v) is 6.56. The maximum absolute atomic E-state index is 12.6. The monoisotopic (exact) mass is 339 g/mol. The van der Waals surface area contributed by atoms with Crippen molar-refractivity contribution in [2.24, 2.45) is 0 Å². The molecule has 0 spiro atoms. The quantitative estimate of drug-likeness (QED) is 0.908. The number of anilines is 1. The first kappa shape index (κ1) is 17.4. The Kier molecular flexibility index (Phi) is 5.66. The molecule has 0 saturated carbocycles. The Morgan fingerprint density at radius 1 is 1.36 bits per heavy atom. The molecule has 25 heavy (non-hydrogen) atoms. The van der Waals surface area contributed by atoms with Gasteiger partial charge in [0, 0.05) is 19.3 Å². The predicted molar refractivity (Wildman–Crippen MR) is 98.2 cm³/mol. The number of amides is 1. The van der Waals surface area contributed by atoms with Gasteiger partial charge in [-0.3, -0.25) is 4.79 Å². The number of hydrogen-bond donors (Lipinski definition) is 1. The van der Waals surface area contributed by atoms with Crippen LogP contribution >= 0.6 is 0 Å². The molecule has 1 aromatic heterocycles. The third kappa shape index (κ3) is 4.79. The number of nitrogens with zero attached hydrogens (tertiary/aromatic N) is 2. The molecular weight excluding hydrogens is 314 g/mol. The third-order valence-electron chi connectivity index (χ3n) is 4.69. The molecule has 1 aliphatic heterocycles. The second kappa shape index (κ2) is 8.12. The van der Waals surface area contributed by atoms with Gasteiger partial charge in [-0.1, -0.05) is 24.3 Å². The fraction of sp³-hybridized carbons (Fsp3) is 0.400. The number of carbonyl (C=O) groups is 1. The van der Waals surface area contributed by atoms with Crippen LogP contribution in [-0.4, -0.2) is 41.6 Å². The molecule has 132 valence electrons. The van der Waals surface area contributed by atoms with Crippen LogP contribution < -0.4 is 5.73 Å². The van der Waals surface area contributed by atoms with Gasteiger partial charge in [-0.2, -0.15) is 0 Å². The van der Waals surface area contributed by atoms with Crippen molar-refractivity contribution >= 4 is 11.7 Å². The first-order valence-electron chi connectivity index (χ1n) is 8.76. The predicted octanol–water partition coefficient (Wildman–Crippen LogP) is 2.37. The molecule has 0 radical (unpaired) electrons. The summed E-state index contributed by atoms with van der Waals surface area (Å²) >= 11 is 0. The summed E-state index contributed by atoms with van der Waals surface area (Å²) in [6, 6.07) is 11.9. The van der Waals surface area contributed by atoms with Crippen molar-refractivity contribution in [3.63, 3.8) is 0 Å². The maximum atomic E-state index is 12.6. The molecule has 5 nitrogen and oxygen atoms in total. The number of aryl methyl sites for hydroxylation is 2. The molecule has 1 aliphatic rings. The van der Waals surface area contributed by atoms with Crippen LogP contribution in [0.15, 0.2) is 42.6 Å². The number of nitrogen functional groups attached to an aromatic ring is 1. The Labute approximate surface area is 148 Å². The van der Waals surface area contributed by atoms with E-state index in [2.05, 4.69) is 4.98 Å². The van der Waals surface area contributed by atoms with Gasteiger partial charge in [-0.15, -0.1) is 0 Å². The number of benzene rings is 1. The summed E-state index contributed by atoms with van der Waals surface area (Å²) in [7, 11) is 0. The van der Waals surface area contributed by atoms with Crippen molar-refractivity contribution in [2.45, 2.75) is 32.3 Å². The van der Waals surface area contributed by atoms with Crippen LogP contribution in [0.4, 0.5) is 5.82 Å². The SMILES string of the molecule is Cc1ccccc1CC(=O)N1CCO[C@@H](CCc2ccnc(N)c2)C1. The van der Waals surface area contributed by atoms with Gasteiger partial charge in [0.25, 0.3) is 0 Å². The fourth-order valence-corrected chi connectivity index (χ4v) is 3.18. The Morgan fingerprint density at radius 3 is 3.00 bits per heavy atom. The summed E-state index contributed by atoms with van der Waals surface area (Å²) in [6.07, 6.45) is 4.00. The molecule has 1 atom stereocenters. The minimum absolute atomic E-state index is 0.0731. The lowest BCUT2D eigenvalue weighted by Crippen LogP contribution is -2.46. The zero-order valence-corrected chi connectivity index (χ0v) is 14.6. The molecule has 1 aromatic carbocycles. The lowest BCUT2D eigenvalue weighted by Gasteiger charge is -2.33. The smallest absolute Gasteiger partial charge is 0.227 e. The van der Waals surface area contributed by atoms with Crippen LogP contribution in [-0.2, 0) is 22.4 Å². The summed E-state index contributed by atoms with van der Waals surface area (Å²) in [4.78, 5) is 18.6. The number of aromatic nitrogens is 1. The summed E-state index contributed by atoms with van der Waals surface area (Å²) < 4.78 is 5.84. The van der Waals surface area contributed by atoms with E-state index in [1.807, 2.05) is 48.2 Å². The molecular formula is C20H25N3O2. The van der Waals surface area contributed by atoms with Gasteiger partial charge < -0.3 is 15.4 Å². The fourth-order valence-electron chi connectivity index (χ4n) is 3.18. The first-order valence-corrected chi connectivity index (χ1v) is 8.76. The van der Waals surface area contributed by atoms with E-state index in [1.54, 1.807) is 6.20 Å². The van der Waals surface area contributed by atoms with E-state index in [-0.39, 0.29) is 12.0 Å². The van der Waals surface area contributed by atoms with E-state index in [4.69, 9.17) is 10.5 Å². The number of hydrogen-bond acceptors (Lipinski definition) is 4. The van der Waals surface area contributed by atoms with Crippen molar-refractivity contribution in [3.8, 4) is 0 Å². The molecule has 1 saturated heterocycles. The van der Waals surface area contributed by atoms with Crippen LogP contribution in [0.5, 0.6) is 0 Å². The Morgan fingerprint density at radius 2 is 2.20 bits per heavy atom. The minimum Gasteiger partial charge on any atom is -0.384 e. The van der Waals surface area contributed by atoms with Crippen molar-refractivity contribution in [2.75, 3.05) is 25.4 Å². The van der Waals surface area contributed by atoms with E-state index < -0.39 is 0 Å². The van der Waals surface area contributed by atoms with E-state index in [0.717, 1.165) is 29.5 Å². The topological polar surface area (TPSA) is 68.5 Å². The van der Waals surface area contributed by atoms with E-state index in [9.17, 15) is 4.79 Å². The van der Waals surface area contributed by atoms with Crippen molar-refractivity contribution in [1.29, 1.82) is 0 Å². The Hall–Kier alpha value is -2.40. The second-order valence-electron chi connectivity index (χ2n) is 6.56. The van der Waals surface area contributed by atoms with Gasteiger partial charge in [0.05, 0.1) is 19.1 Å². The van der Waals surface area contributed by atoms with Gasteiger partial charge in [0.1, 0.15) is 5.82 Å². The highest BCUT2D eigenvalue weighted by molar-refractivity contribution is 5.79. The van der Waals surface area contributed by atoms with Gasteiger partial charge in [0.15, 0.2) is 0 Å². The number of pyridine rings is 1. The molecule has 2 aromatic rings. The van der Waals surface area contributed by atoms with Gasteiger partial charge in [-0.05, 0) is 48.6 Å². The molecule has 3 rings (SSSR count). The lowest BCUT2D eigenvalue weighted by molar-refractivity contribution is -0.138. The minimum atomic E-state index is 0.0731. The van der Waals surface area contributed by atoms with Crippen molar-refractivity contribution < 1.29 is 9.53 Å². The van der Waals surface area contributed by atoms with Crippen LogP contribution in [0.25, 0.3) is 0 Å². The summed E-state index contributed by atoms with van der Waals surface area (Å²) in [5.74, 6) is 0.716. The van der Waals surface area contributed by atoms with Crippen LogP contribution in [0, 0.1) is 6.92 Å². The lowest BCUT2D eigenvalue weighted by atomic mass is 10.0. The third-order valence-corrected chi connectivity index (χ3v) is 4.69. The highest BCUT2D eigenvalue weighted by Gasteiger charge is 2.24. The summed E-state index contributed by atoms with van der Waals surface area (Å²) in [6.45, 7) is 3.97. The highest BCUT2D eigenvalue weighted by Crippen LogP contribution is 2.16. The standard InChI is InChI=1S/C20H25N3O2/c1-15-4-2-3-5-17(15)13-20(24)23-10-11-25-18(14-23)7-6-16-8-9-22-19(21)12-16/h2-5,8-9,12,18H,6-7,10-11,13-14H2,1H3,(H2,21,22)/t18-/m0/s1. The van der Waals surface area contributed by atoms with E-state index >= 15 is 0 Å². The van der Waals surface area contributed by atoms with Crippen molar-refractivity contribution in [1.82, 2.24) is 9.88 Å². The zero-order chi connectivity index (χ0) is 17.6. The first-order chi connectivity index (χ1) is 12.1. The van der Waals surface area contributed by atoms with Gasteiger partial charge in [-0.25, -0.2) is 4.98 Å². The number of rotatable bonds is 5. The average Bonchev–Trinajstić information content (AvgIpc) is 2.62. The van der Waals surface area contributed by atoms with E-state index in [1.165, 1.54) is 0 Å². The number of ether oxygens (including phenoxy) is 1. The number of carbonyl (C=O) groups excluding carboxylic acids is 1. The molecule has 0 unspecified atom stereocenters. The van der Waals surface area contributed by atoms with E-state index in [0.29, 0.717) is 31.9 Å². The molecule has 2 heterocycles.